The van der Waals surface area contributed by atoms with Gasteiger partial charge in [-0.05, 0) is 32.0 Å². The highest BCUT2D eigenvalue weighted by Gasteiger charge is 2.19. The average molecular weight is 365 g/mol. The maximum Gasteiger partial charge on any atom is 0.271 e. The Hall–Kier alpha value is -2.80. The molecule has 2 aromatic rings. The van der Waals surface area contributed by atoms with E-state index in [1.54, 1.807) is 31.2 Å². The molecule has 0 bridgehead atoms. The van der Waals surface area contributed by atoms with Crippen LogP contribution in [0.5, 0.6) is 11.5 Å². The number of carbonyl (C=O) groups excluding carboxylic acids is 1. The van der Waals surface area contributed by atoms with E-state index in [1.807, 2.05) is 6.92 Å². The molecule has 0 aliphatic carbocycles. The summed E-state index contributed by atoms with van der Waals surface area (Å²) < 4.78 is 11.0. The van der Waals surface area contributed by atoms with E-state index in [0.717, 1.165) is 0 Å². The number of nitrogens with zero attached hydrogens (tertiary/aromatic N) is 1. The van der Waals surface area contributed by atoms with Crippen LogP contribution in [0.2, 0.25) is 5.02 Å². The molecule has 2 rings (SSSR count). The van der Waals surface area contributed by atoms with Gasteiger partial charge in [-0.1, -0.05) is 23.7 Å². The van der Waals surface area contributed by atoms with Gasteiger partial charge in [-0.25, -0.2) is 0 Å². The molecule has 7 nitrogen and oxygen atoms in total. The number of para-hydroxylation sites is 2. The summed E-state index contributed by atoms with van der Waals surface area (Å²) in [5.74, 6) is 0.341. The average Bonchev–Trinajstić information content (AvgIpc) is 2.58. The minimum atomic E-state index is -0.867. The molecule has 0 fully saturated rings. The van der Waals surface area contributed by atoms with Crippen LogP contribution in [0, 0.1) is 10.1 Å². The highest BCUT2D eigenvalue weighted by molar-refractivity contribution is 6.32. The van der Waals surface area contributed by atoms with Crippen LogP contribution >= 0.6 is 11.6 Å². The third-order valence-electron chi connectivity index (χ3n) is 3.24. The van der Waals surface area contributed by atoms with Gasteiger partial charge in [-0.15, -0.1) is 0 Å². The zero-order valence-corrected chi connectivity index (χ0v) is 14.4. The molecule has 1 N–H and O–H groups in total. The Morgan fingerprint density at radius 2 is 2.00 bits per heavy atom. The van der Waals surface area contributed by atoms with E-state index in [0.29, 0.717) is 18.0 Å². The van der Waals surface area contributed by atoms with Crippen molar-refractivity contribution in [3.05, 3.63) is 57.6 Å². The first-order chi connectivity index (χ1) is 11.9. The number of hydrogen-bond donors (Lipinski definition) is 1. The molecule has 0 saturated heterocycles. The molecule has 0 aliphatic heterocycles. The lowest BCUT2D eigenvalue weighted by Gasteiger charge is -2.17. The molecule has 0 aliphatic rings. The maximum atomic E-state index is 12.3. The van der Waals surface area contributed by atoms with E-state index < -0.39 is 16.9 Å². The van der Waals surface area contributed by atoms with Crippen LogP contribution in [0.4, 0.5) is 11.4 Å². The normalized spacial score (nSPS) is 11.5. The lowest BCUT2D eigenvalue weighted by molar-refractivity contribution is -0.384. The first-order valence-corrected chi connectivity index (χ1v) is 7.93. The second kappa shape index (κ2) is 8.34. The van der Waals surface area contributed by atoms with E-state index in [4.69, 9.17) is 21.1 Å². The zero-order chi connectivity index (χ0) is 18.4. The smallest absolute Gasteiger partial charge is 0.271 e. The molecular weight excluding hydrogens is 348 g/mol. The minimum absolute atomic E-state index is 0.0589. The quantitative estimate of drug-likeness (QED) is 0.591. The van der Waals surface area contributed by atoms with Crippen molar-refractivity contribution in [2.45, 2.75) is 20.0 Å². The summed E-state index contributed by atoms with van der Waals surface area (Å²) in [5.41, 5.74) is 0.375. The Labute approximate surface area is 149 Å². The number of ether oxygens (including phenoxy) is 2. The molecule has 1 amide bonds. The van der Waals surface area contributed by atoms with Gasteiger partial charge in [0.2, 0.25) is 0 Å². The van der Waals surface area contributed by atoms with Crippen LogP contribution < -0.4 is 14.8 Å². The van der Waals surface area contributed by atoms with Gasteiger partial charge in [-0.2, -0.15) is 0 Å². The van der Waals surface area contributed by atoms with Crippen LogP contribution in [0.1, 0.15) is 13.8 Å². The number of nitrogens with one attached hydrogen (secondary N) is 1. The van der Waals surface area contributed by atoms with Crippen LogP contribution in [0.15, 0.2) is 42.5 Å². The lowest BCUT2D eigenvalue weighted by Crippen LogP contribution is -2.30. The topological polar surface area (TPSA) is 90.7 Å². The fourth-order valence-electron chi connectivity index (χ4n) is 2.03. The summed E-state index contributed by atoms with van der Waals surface area (Å²) in [4.78, 5) is 22.5. The minimum Gasteiger partial charge on any atom is -0.492 e. The monoisotopic (exact) mass is 364 g/mol. The van der Waals surface area contributed by atoms with Gasteiger partial charge in [0.15, 0.2) is 6.10 Å². The van der Waals surface area contributed by atoms with Gasteiger partial charge in [0, 0.05) is 12.1 Å². The summed E-state index contributed by atoms with van der Waals surface area (Å²) in [6, 6.07) is 10.8. The Morgan fingerprint density at radius 3 is 2.64 bits per heavy atom. The zero-order valence-electron chi connectivity index (χ0n) is 13.7. The van der Waals surface area contributed by atoms with Gasteiger partial charge in [0.05, 0.1) is 22.2 Å². The van der Waals surface area contributed by atoms with Crippen molar-refractivity contribution in [3.63, 3.8) is 0 Å². The van der Waals surface area contributed by atoms with E-state index in [9.17, 15) is 14.9 Å². The number of amides is 1. The molecule has 132 valence electrons. The molecule has 25 heavy (non-hydrogen) atoms. The Bertz CT molecular complexity index is 781. The first-order valence-electron chi connectivity index (χ1n) is 7.55. The van der Waals surface area contributed by atoms with Crippen molar-refractivity contribution in [1.82, 2.24) is 0 Å². The molecule has 0 heterocycles. The van der Waals surface area contributed by atoms with Gasteiger partial charge >= 0.3 is 0 Å². The van der Waals surface area contributed by atoms with Gasteiger partial charge in [0.25, 0.3) is 11.6 Å². The van der Waals surface area contributed by atoms with Crippen LogP contribution in [0.3, 0.4) is 0 Å². The number of non-ortho nitro benzene ring substituents is 1. The predicted molar refractivity (Wildman–Crippen MR) is 94.4 cm³/mol. The summed E-state index contributed by atoms with van der Waals surface area (Å²) in [6.45, 7) is 3.87. The van der Waals surface area contributed by atoms with Crippen molar-refractivity contribution in [3.8, 4) is 11.5 Å². The maximum absolute atomic E-state index is 12.3. The van der Waals surface area contributed by atoms with Crippen LogP contribution in [-0.2, 0) is 4.79 Å². The summed E-state index contributed by atoms with van der Waals surface area (Å²) in [7, 11) is 0. The molecule has 0 unspecified atom stereocenters. The third kappa shape index (κ3) is 4.84. The molecular formula is C17H17ClN2O5. The van der Waals surface area contributed by atoms with Gasteiger partial charge < -0.3 is 14.8 Å². The standard InChI is InChI=1S/C17H17ClN2O5/c1-3-24-16-7-5-4-6-14(16)19-17(21)11(2)25-15-9-8-12(20(22)23)10-13(15)18/h4-11H,3H2,1-2H3,(H,19,21)/t11-/m1/s1. The van der Waals surface area contributed by atoms with Gasteiger partial charge in [0.1, 0.15) is 11.5 Å². The van der Waals surface area contributed by atoms with Crippen molar-refractivity contribution < 1.29 is 19.2 Å². The van der Waals surface area contributed by atoms with E-state index >= 15 is 0 Å². The Balaban J connectivity index is 2.07. The SMILES string of the molecule is CCOc1ccccc1NC(=O)[C@@H](C)Oc1ccc([N+](=O)[O-])cc1Cl. The number of nitro groups is 1. The number of carbonyl (C=O) groups is 1. The molecule has 8 heteroatoms. The largest absolute Gasteiger partial charge is 0.492 e. The molecule has 1 atom stereocenters. The second-order valence-corrected chi connectivity index (χ2v) is 5.46. The van der Waals surface area contributed by atoms with Crippen molar-refractivity contribution >= 4 is 28.9 Å². The van der Waals surface area contributed by atoms with Crippen LogP contribution in [-0.4, -0.2) is 23.5 Å². The molecule has 0 spiro atoms. The highest BCUT2D eigenvalue weighted by Crippen LogP contribution is 2.30. The number of hydrogen-bond acceptors (Lipinski definition) is 5. The highest BCUT2D eigenvalue weighted by atomic mass is 35.5. The lowest BCUT2D eigenvalue weighted by atomic mass is 10.2. The van der Waals surface area contributed by atoms with Crippen molar-refractivity contribution in [2.75, 3.05) is 11.9 Å². The number of benzene rings is 2. The molecule has 2 aromatic carbocycles. The Morgan fingerprint density at radius 1 is 1.28 bits per heavy atom. The fraction of sp³-hybridized carbons (Fsp3) is 0.235. The summed E-state index contributed by atoms with van der Waals surface area (Å²) in [6.07, 6.45) is -0.867. The Kier molecular flexibility index (Phi) is 6.19. The third-order valence-corrected chi connectivity index (χ3v) is 3.54. The van der Waals surface area contributed by atoms with Crippen molar-refractivity contribution in [2.24, 2.45) is 0 Å². The summed E-state index contributed by atoms with van der Waals surface area (Å²) in [5, 5.41) is 13.5. The van der Waals surface area contributed by atoms with Gasteiger partial charge in [-0.3, -0.25) is 14.9 Å². The van der Waals surface area contributed by atoms with E-state index in [1.165, 1.54) is 18.2 Å². The molecule has 0 saturated carbocycles. The molecule has 0 radical (unpaired) electrons. The number of rotatable bonds is 7. The van der Waals surface area contributed by atoms with E-state index in [-0.39, 0.29) is 16.5 Å². The second-order valence-electron chi connectivity index (χ2n) is 5.05. The van der Waals surface area contributed by atoms with Crippen molar-refractivity contribution in [1.29, 1.82) is 0 Å². The summed E-state index contributed by atoms with van der Waals surface area (Å²) >= 11 is 5.97. The predicted octanol–water partition coefficient (Wildman–Crippen LogP) is 4.05. The fourth-order valence-corrected chi connectivity index (χ4v) is 2.25. The number of halogens is 1. The number of anilines is 1. The number of nitro benzene ring substituents is 1. The van der Waals surface area contributed by atoms with E-state index in [2.05, 4.69) is 5.32 Å². The first kappa shape index (κ1) is 18.5. The molecule has 0 aromatic heterocycles. The van der Waals surface area contributed by atoms with Crippen LogP contribution in [0.25, 0.3) is 0 Å².